The van der Waals surface area contributed by atoms with Gasteiger partial charge in [-0.3, -0.25) is 10.1 Å². The Balaban J connectivity index is 2.76. The molecule has 26 heavy (non-hydrogen) atoms. The van der Waals surface area contributed by atoms with E-state index in [0.29, 0.717) is 10.3 Å². The molecule has 0 aliphatic carbocycles. The van der Waals surface area contributed by atoms with Gasteiger partial charge in [0.15, 0.2) is 5.75 Å². The van der Waals surface area contributed by atoms with E-state index in [2.05, 4.69) is 15.9 Å². The second-order valence-corrected chi connectivity index (χ2v) is 6.45. The highest BCUT2D eigenvalue weighted by Gasteiger charge is 2.24. The van der Waals surface area contributed by atoms with Gasteiger partial charge in [0, 0.05) is 28.9 Å². The van der Waals surface area contributed by atoms with Gasteiger partial charge in [-0.25, -0.2) is 0 Å². The van der Waals surface area contributed by atoms with Crippen LogP contribution in [0.15, 0.2) is 16.7 Å². The van der Waals surface area contributed by atoms with Crippen LogP contribution in [0.4, 0.5) is 5.69 Å². The number of nitro benzene ring substituents is 1. The van der Waals surface area contributed by atoms with Crippen LogP contribution in [0.1, 0.15) is 22.4 Å². The van der Waals surface area contributed by atoms with Crippen LogP contribution in [0.2, 0.25) is 5.02 Å². The van der Waals surface area contributed by atoms with Gasteiger partial charge in [-0.2, -0.15) is 9.99 Å². The summed E-state index contributed by atoms with van der Waals surface area (Å²) in [5, 5.41) is 52.0. The number of pyridine rings is 1. The van der Waals surface area contributed by atoms with Crippen molar-refractivity contribution >= 4 is 44.9 Å². The van der Waals surface area contributed by atoms with E-state index in [1.54, 1.807) is 6.92 Å². The van der Waals surface area contributed by atoms with Crippen molar-refractivity contribution in [2.24, 2.45) is 0 Å². The smallest absolute Gasteiger partial charge is 0.315 e. The number of phenolic OH excluding ortho intramolecular Hbond substituents is 2. The summed E-state index contributed by atoms with van der Waals surface area (Å²) in [7, 11) is 0. The summed E-state index contributed by atoms with van der Waals surface area (Å²) in [4.78, 5) is 10.1. The van der Waals surface area contributed by atoms with Crippen molar-refractivity contribution in [2.45, 2.75) is 13.8 Å². The number of allylic oxidation sites excluding steroid dienone is 1. The van der Waals surface area contributed by atoms with E-state index >= 15 is 0 Å². The first-order valence-corrected chi connectivity index (χ1v) is 8.17. The molecule has 1 aromatic carbocycles. The second kappa shape index (κ2) is 7.19. The monoisotopic (exact) mass is 439 g/mol. The highest BCUT2D eigenvalue weighted by Crippen LogP contribution is 2.38. The number of hydrogen-bond donors (Lipinski definition) is 2. The van der Waals surface area contributed by atoms with Crippen LogP contribution in [-0.2, 0) is 0 Å². The predicted octanol–water partition coefficient (Wildman–Crippen LogP) is 3.74. The Morgan fingerprint density at radius 1 is 1.42 bits per heavy atom. The first kappa shape index (κ1) is 19.5. The lowest BCUT2D eigenvalue weighted by atomic mass is 10.00. The van der Waals surface area contributed by atoms with E-state index in [4.69, 9.17) is 11.6 Å². The van der Waals surface area contributed by atoms with Crippen LogP contribution in [0.5, 0.6) is 11.5 Å². The molecular formula is C16H11BrClN3O5. The highest BCUT2D eigenvalue weighted by molar-refractivity contribution is 9.10. The minimum absolute atomic E-state index is 0.0136. The lowest BCUT2D eigenvalue weighted by molar-refractivity contribution is -0.624. The summed E-state index contributed by atoms with van der Waals surface area (Å²) in [5.41, 5.74) is 0.283. The molecule has 0 amide bonds. The molecule has 0 fully saturated rings. The number of phenols is 2. The average Bonchev–Trinajstić information content (AvgIpc) is 2.59. The van der Waals surface area contributed by atoms with Gasteiger partial charge in [-0.15, -0.1) is 0 Å². The molecule has 8 nitrogen and oxygen atoms in total. The molecular weight excluding hydrogens is 430 g/mol. The van der Waals surface area contributed by atoms with E-state index in [0.717, 1.165) is 12.1 Å². The lowest BCUT2D eigenvalue weighted by Gasteiger charge is -2.12. The fraction of sp³-hybridized carbons (Fsp3) is 0.125. The number of halogens is 2. The second-order valence-electron chi connectivity index (χ2n) is 5.32. The van der Waals surface area contributed by atoms with E-state index in [-0.39, 0.29) is 32.0 Å². The zero-order valence-electron chi connectivity index (χ0n) is 13.4. The molecule has 1 heterocycles. The van der Waals surface area contributed by atoms with Crippen molar-refractivity contribution in [1.29, 1.82) is 5.26 Å². The van der Waals surface area contributed by atoms with Gasteiger partial charge < -0.3 is 15.4 Å². The molecule has 2 aromatic rings. The number of nitro groups is 1. The minimum Gasteiger partial charge on any atom is -0.618 e. The van der Waals surface area contributed by atoms with E-state index in [1.165, 1.54) is 13.0 Å². The largest absolute Gasteiger partial charge is 0.618 e. The van der Waals surface area contributed by atoms with Gasteiger partial charge in [0.25, 0.3) is 4.60 Å². The molecule has 0 aliphatic rings. The molecule has 2 N–H and O–H groups in total. The normalized spacial score (nSPS) is 11.3. The molecule has 0 saturated heterocycles. The van der Waals surface area contributed by atoms with Gasteiger partial charge in [0.2, 0.25) is 11.4 Å². The molecule has 0 unspecified atom stereocenters. The molecule has 0 saturated carbocycles. The van der Waals surface area contributed by atoms with Gasteiger partial charge in [0.1, 0.15) is 11.1 Å². The third kappa shape index (κ3) is 3.29. The van der Waals surface area contributed by atoms with Crippen molar-refractivity contribution in [2.75, 3.05) is 0 Å². The number of nitrogens with zero attached hydrogens (tertiary/aromatic N) is 3. The van der Waals surface area contributed by atoms with Crippen molar-refractivity contribution in [3.8, 4) is 17.6 Å². The molecule has 0 atom stereocenters. The van der Waals surface area contributed by atoms with Gasteiger partial charge in [0.05, 0.1) is 16.1 Å². The highest BCUT2D eigenvalue weighted by atomic mass is 79.9. The van der Waals surface area contributed by atoms with E-state index in [9.17, 15) is 30.8 Å². The minimum atomic E-state index is -0.876. The maximum absolute atomic E-state index is 12.2. The summed E-state index contributed by atoms with van der Waals surface area (Å²) >= 11 is 9.27. The van der Waals surface area contributed by atoms with Crippen LogP contribution in [-0.4, -0.2) is 15.1 Å². The Kier molecular flexibility index (Phi) is 5.39. The average molecular weight is 441 g/mol. The number of benzene rings is 1. The van der Waals surface area contributed by atoms with Crippen LogP contribution in [0, 0.1) is 40.5 Å². The quantitative estimate of drug-likeness (QED) is 0.142. The van der Waals surface area contributed by atoms with Crippen molar-refractivity contribution in [3.05, 3.63) is 59.5 Å². The third-order valence-corrected chi connectivity index (χ3v) is 4.98. The Morgan fingerprint density at radius 3 is 2.58 bits per heavy atom. The standard InChI is InChI=1S/C16H11BrClN3O5/c1-7-13(16(17)20(24)8(2)14(7)18)10(6-19)3-9-4-11(21(25)26)15(23)12(22)5-9/h3-5,22-23H,1-2H3. The van der Waals surface area contributed by atoms with Gasteiger partial charge in [-0.1, -0.05) is 11.6 Å². The number of rotatable bonds is 3. The molecule has 0 spiro atoms. The summed E-state index contributed by atoms with van der Waals surface area (Å²) in [6.07, 6.45) is 1.24. The fourth-order valence-electron chi connectivity index (χ4n) is 2.36. The molecule has 0 bridgehead atoms. The molecule has 0 aliphatic heterocycles. The third-order valence-electron chi connectivity index (χ3n) is 3.70. The predicted molar refractivity (Wildman–Crippen MR) is 97.5 cm³/mol. The zero-order chi connectivity index (χ0) is 19.8. The first-order chi connectivity index (χ1) is 12.1. The maximum atomic E-state index is 12.2. The van der Waals surface area contributed by atoms with Gasteiger partial charge in [-0.05, 0) is 30.2 Å². The maximum Gasteiger partial charge on any atom is 0.315 e. The van der Waals surface area contributed by atoms with E-state index in [1.807, 2.05) is 6.07 Å². The van der Waals surface area contributed by atoms with Crippen LogP contribution >= 0.6 is 27.5 Å². The fourth-order valence-corrected chi connectivity index (χ4v) is 3.31. The topological polar surface area (TPSA) is 134 Å². The number of aromatic hydroxyl groups is 2. The molecule has 10 heteroatoms. The summed E-state index contributed by atoms with van der Waals surface area (Å²) in [6.45, 7) is 3.14. The number of nitriles is 1. The summed E-state index contributed by atoms with van der Waals surface area (Å²) in [5.74, 6) is -1.59. The number of hydrogen-bond acceptors (Lipinski definition) is 6. The molecule has 2 rings (SSSR count). The van der Waals surface area contributed by atoms with Gasteiger partial charge >= 0.3 is 5.69 Å². The number of aromatic nitrogens is 1. The summed E-state index contributed by atoms with van der Waals surface area (Å²) < 4.78 is 0.578. The van der Waals surface area contributed by atoms with Crippen molar-refractivity contribution in [1.82, 2.24) is 0 Å². The molecule has 134 valence electrons. The van der Waals surface area contributed by atoms with Crippen LogP contribution in [0.25, 0.3) is 11.6 Å². The Hall–Kier alpha value is -2.83. The SMILES string of the molecule is Cc1c(Cl)c(C)[n+]([O-])c(Br)c1C(C#N)=Cc1cc(O)c(O)c([N+](=O)[O-])c1. The Labute approximate surface area is 161 Å². The molecule has 0 radical (unpaired) electrons. The Bertz CT molecular complexity index is 985. The van der Waals surface area contributed by atoms with E-state index < -0.39 is 22.1 Å². The molecule has 1 aromatic heterocycles. The first-order valence-electron chi connectivity index (χ1n) is 7.00. The lowest BCUT2D eigenvalue weighted by Crippen LogP contribution is -2.34. The van der Waals surface area contributed by atoms with Crippen LogP contribution < -0.4 is 4.73 Å². The Morgan fingerprint density at radius 2 is 2.04 bits per heavy atom. The zero-order valence-corrected chi connectivity index (χ0v) is 15.8. The van der Waals surface area contributed by atoms with Crippen molar-refractivity contribution < 1.29 is 19.9 Å². The van der Waals surface area contributed by atoms with Crippen molar-refractivity contribution in [3.63, 3.8) is 0 Å². The summed E-state index contributed by atoms with van der Waals surface area (Å²) in [6, 6.07) is 3.97. The van der Waals surface area contributed by atoms with Crippen LogP contribution in [0.3, 0.4) is 0 Å².